The molecule has 3 nitrogen and oxygen atoms in total. The number of aromatic nitrogens is 2. The number of thioether (sulfide) groups is 1. The van der Waals surface area contributed by atoms with Crippen molar-refractivity contribution in [1.29, 1.82) is 0 Å². The first-order chi connectivity index (χ1) is 8.16. The van der Waals surface area contributed by atoms with E-state index in [2.05, 4.69) is 41.4 Å². The Morgan fingerprint density at radius 1 is 1.29 bits per heavy atom. The van der Waals surface area contributed by atoms with E-state index in [0.717, 1.165) is 4.34 Å². The molecule has 0 aliphatic rings. The van der Waals surface area contributed by atoms with Gasteiger partial charge in [0.1, 0.15) is 5.51 Å². The lowest BCUT2D eigenvalue weighted by atomic mass is 10.1. The standard InChI is InChI=1S/C12H15N3S2/c1-8-3-5-10(6-4-8)11(9(2)13)17-12-15-14-7-16-12/h3-7,9,11H,13H2,1-2H3. The van der Waals surface area contributed by atoms with Gasteiger partial charge in [-0.25, -0.2) is 0 Å². The third-order valence-corrected chi connectivity index (χ3v) is 4.75. The molecule has 0 saturated heterocycles. The van der Waals surface area contributed by atoms with E-state index in [-0.39, 0.29) is 11.3 Å². The van der Waals surface area contributed by atoms with Crippen LogP contribution in [0.25, 0.3) is 0 Å². The zero-order valence-corrected chi connectivity index (χ0v) is 11.5. The molecule has 2 aromatic rings. The number of hydrogen-bond acceptors (Lipinski definition) is 5. The van der Waals surface area contributed by atoms with Gasteiger partial charge in [0.15, 0.2) is 4.34 Å². The van der Waals surface area contributed by atoms with E-state index in [9.17, 15) is 0 Å². The molecule has 1 aromatic carbocycles. The van der Waals surface area contributed by atoms with Gasteiger partial charge < -0.3 is 5.73 Å². The maximum atomic E-state index is 6.06. The molecule has 0 bridgehead atoms. The molecule has 0 fully saturated rings. The molecule has 0 saturated carbocycles. The van der Waals surface area contributed by atoms with Gasteiger partial charge in [-0.15, -0.1) is 10.2 Å². The van der Waals surface area contributed by atoms with Gasteiger partial charge in [-0.05, 0) is 19.4 Å². The van der Waals surface area contributed by atoms with Gasteiger partial charge in [0.2, 0.25) is 0 Å². The zero-order valence-electron chi connectivity index (χ0n) is 9.83. The number of hydrogen-bond donors (Lipinski definition) is 1. The molecule has 2 rings (SSSR count). The van der Waals surface area contributed by atoms with E-state index in [1.165, 1.54) is 11.1 Å². The molecule has 0 aliphatic heterocycles. The Hall–Kier alpha value is -0.910. The second kappa shape index (κ2) is 5.62. The van der Waals surface area contributed by atoms with Crippen LogP contribution in [-0.2, 0) is 0 Å². The summed E-state index contributed by atoms with van der Waals surface area (Å²) in [6.45, 7) is 4.11. The van der Waals surface area contributed by atoms with Crippen LogP contribution in [0.5, 0.6) is 0 Å². The van der Waals surface area contributed by atoms with Crippen LogP contribution in [0, 0.1) is 6.92 Å². The molecule has 0 amide bonds. The first kappa shape index (κ1) is 12.5. The van der Waals surface area contributed by atoms with Crippen molar-refractivity contribution in [3.8, 4) is 0 Å². The summed E-state index contributed by atoms with van der Waals surface area (Å²) < 4.78 is 0.966. The Balaban J connectivity index is 2.20. The minimum atomic E-state index is 0.0756. The summed E-state index contributed by atoms with van der Waals surface area (Å²) in [7, 11) is 0. The summed E-state index contributed by atoms with van der Waals surface area (Å²) in [5.41, 5.74) is 10.3. The molecule has 1 aromatic heterocycles. The minimum Gasteiger partial charge on any atom is -0.327 e. The Kier molecular flexibility index (Phi) is 4.15. The molecule has 90 valence electrons. The molecule has 2 atom stereocenters. The van der Waals surface area contributed by atoms with Crippen molar-refractivity contribution in [2.24, 2.45) is 5.73 Å². The van der Waals surface area contributed by atoms with Crippen LogP contribution in [0.2, 0.25) is 0 Å². The van der Waals surface area contributed by atoms with Gasteiger partial charge in [-0.2, -0.15) is 0 Å². The van der Waals surface area contributed by atoms with Gasteiger partial charge in [0.25, 0.3) is 0 Å². The van der Waals surface area contributed by atoms with Crippen LogP contribution in [0.4, 0.5) is 0 Å². The largest absolute Gasteiger partial charge is 0.327 e. The second-order valence-corrected chi connectivity index (χ2v) is 6.23. The molecule has 0 spiro atoms. The molecule has 2 N–H and O–H groups in total. The first-order valence-corrected chi connectivity index (χ1v) is 7.17. The highest BCUT2D eigenvalue weighted by atomic mass is 32.2. The average Bonchev–Trinajstić information content (AvgIpc) is 2.80. The van der Waals surface area contributed by atoms with E-state index < -0.39 is 0 Å². The van der Waals surface area contributed by atoms with Crippen molar-refractivity contribution in [2.75, 3.05) is 0 Å². The van der Waals surface area contributed by atoms with Crippen molar-refractivity contribution in [1.82, 2.24) is 10.2 Å². The van der Waals surface area contributed by atoms with Crippen molar-refractivity contribution in [2.45, 2.75) is 29.5 Å². The van der Waals surface area contributed by atoms with Gasteiger partial charge >= 0.3 is 0 Å². The number of nitrogens with two attached hydrogens (primary N) is 1. The number of rotatable bonds is 4. The lowest BCUT2D eigenvalue weighted by Gasteiger charge is -2.19. The van der Waals surface area contributed by atoms with Crippen molar-refractivity contribution >= 4 is 23.1 Å². The lowest BCUT2D eigenvalue weighted by molar-refractivity contribution is 0.720. The summed E-state index contributed by atoms with van der Waals surface area (Å²) in [6.07, 6.45) is 0. The molecule has 0 radical (unpaired) electrons. The fourth-order valence-electron chi connectivity index (χ4n) is 1.56. The third-order valence-electron chi connectivity index (χ3n) is 2.45. The summed E-state index contributed by atoms with van der Waals surface area (Å²) >= 11 is 3.23. The Labute approximate surface area is 109 Å². The van der Waals surface area contributed by atoms with Crippen molar-refractivity contribution in [3.05, 3.63) is 40.9 Å². The zero-order chi connectivity index (χ0) is 12.3. The molecule has 5 heteroatoms. The summed E-state index contributed by atoms with van der Waals surface area (Å²) in [5.74, 6) is 0. The topological polar surface area (TPSA) is 51.8 Å². The minimum absolute atomic E-state index is 0.0756. The van der Waals surface area contributed by atoms with E-state index in [1.54, 1.807) is 28.6 Å². The third kappa shape index (κ3) is 3.28. The lowest BCUT2D eigenvalue weighted by Crippen LogP contribution is -2.22. The normalized spacial score (nSPS) is 14.5. The van der Waals surface area contributed by atoms with E-state index >= 15 is 0 Å². The van der Waals surface area contributed by atoms with Gasteiger partial charge in [-0.1, -0.05) is 52.9 Å². The second-order valence-electron chi connectivity index (χ2n) is 4.01. The maximum absolute atomic E-state index is 6.06. The average molecular weight is 265 g/mol. The van der Waals surface area contributed by atoms with Crippen LogP contribution < -0.4 is 5.73 Å². The number of benzene rings is 1. The Morgan fingerprint density at radius 2 is 2.00 bits per heavy atom. The van der Waals surface area contributed by atoms with E-state index in [4.69, 9.17) is 5.73 Å². The highest BCUT2D eigenvalue weighted by Gasteiger charge is 2.19. The Bertz CT molecular complexity index is 451. The fourth-order valence-corrected chi connectivity index (χ4v) is 3.32. The molecular weight excluding hydrogens is 250 g/mol. The molecular formula is C12H15N3S2. The van der Waals surface area contributed by atoms with Crippen molar-refractivity contribution < 1.29 is 0 Å². The summed E-state index contributed by atoms with van der Waals surface area (Å²) in [6, 6.07) is 8.58. The maximum Gasteiger partial charge on any atom is 0.174 e. The molecule has 0 aliphatic carbocycles. The van der Waals surface area contributed by atoms with Crippen molar-refractivity contribution in [3.63, 3.8) is 0 Å². The van der Waals surface area contributed by atoms with E-state index in [0.29, 0.717) is 0 Å². The summed E-state index contributed by atoms with van der Waals surface area (Å²) in [5, 5.41) is 8.13. The van der Waals surface area contributed by atoms with Crippen LogP contribution in [-0.4, -0.2) is 16.2 Å². The van der Waals surface area contributed by atoms with Crippen LogP contribution in [0.1, 0.15) is 23.3 Å². The first-order valence-electron chi connectivity index (χ1n) is 5.42. The smallest absolute Gasteiger partial charge is 0.174 e. The van der Waals surface area contributed by atoms with Gasteiger partial charge in [-0.3, -0.25) is 0 Å². The highest BCUT2D eigenvalue weighted by Crippen LogP contribution is 2.37. The van der Waals surface area contributed by atoms with Crippen LogP contribution in [0.15, 0.2) is 34.1 Å². The van der Waals surface area contributed by atoms with Gasteiger partial charge in [0.05, 0.1) is 5.25 Å². The predicted octanol–water partition coefficient (Wildman–Crippen LogP) is 3.03. The number of nitrogens with zero attached hydrogens (tertiary/aromatic N) is 2. The molecule has 2 unspecified atom stereocenters. The monoisotopic (exact) mass is 265 g/mol. The molecule has 17 heavy (non-hydrogen) atoms. The quantitative estimate of drug-likeness (QED) is 0.863. The predicted molar refractivity (Wildman–Crippen MR) is 73.3 cm³/mol. The van der Waals surface area contributed by atoms with Crippen LogP contribution in [0.3, 0.4) is 0 Å². The van der Waals surface area contributed by atoms with Crippen LogP contribution >= 0.6 is 23.1 Å². The van der Waals surface area contributed by atoms with E-state index in [1.807, 2.05) is 6.92 Å². The summed E-state index contributed by atoms with van der Waals surface area (Å²) in [4.78, 5) is 0. The van der Waals surface area contributed by atoms with Gasteiger partial charge in [0, 0.05) is 6.04 Å². The Morgan fingerprint density at radius 3 is 2.53 bits per heavy atom. The number of aryl methyl sites for hydroxylation is 1. The molecule has 1 heterocycles. The highest BCUT2D eigenvalue weighted by molar-refractivity contribution is 8.01. The fraction of sp³-hybridized carbons (Fsp3) is 0.333. The SMILES string of the molecule is Cc1ccc(C(Sc2nncs2)C(C)N)cc1.